The molecule has 3 aliphatic rings. The van der Waals surface area contributed by atoms with Crippen molar-refractivity contribution >= 4 is 41.6 Å². The minimum absolute atomic E-state index is 0.0615. The molecule has 132 heavy (non-hydrogen) atoms. The molecule has 0 aliphatic carbocycles. The Balaban J connectivity index is 0.813. The number of ether oxygens (including phenoxy) is 13. The molecule has 6 heterocycles. The number of rotatable bonds is 66. The lowest BCUT2D eigenvalue weighted by Crippen LogP contribution is -2.61. The molecule has 3 aromatic heterocycles. The Kier molecular flexibility index (Phi) is 50.5. The van der Waals surface area contributed by atoms with Crippen LogP contribution in [0.25, 0.3) is 0 Å². The van der Waals surface area contributed by atoms with Crippen LogP contribution < -0.4 is 53.2 Å². The van der Waals surface area contributed by atoms with Gasteiger partial charge < -0.3 is 161 Å². The highest BCUT2D eigenvalue weighted by atomic mass is 19.3. The fourth-order valence-corrected chi connectivity index (χ4v) is 14.5. The van der Waals surface area contributed by atoms with E-state index in [0.717, 1.165) is 18.6 Å². The molecule has 7 rings (SSSR count). The topological polar surface area (TPSA) is 568 Å². The standard InChI is InChI=1S/C84H134F6N16O26/c1-4-13-56-68(74(113)71(110)59(48-107)130-56)103-65-45-91-42-62(100-65)82(85,86)52-126-39-36-123-33-30-120-27-24-97-77(116)94-21-10-18-81(106-80(119)129-51-55-16-8-7-9-17-55,19-11-22-95-78(117)98-25-28-121-31-34-124-37-40-127-53-83(87,88)63-43-92-46-66(101-63)104-69-57(14-5-2)131-60(49-108)72(111)75(69)114)20-12-23-96-79(118)99-26-29-122-32-35-125-38-41-128-54-84(89,90)64-44-93-47-67(102-64)105-70-58(15-6-3)132-61(50-109)73(112)76(70)115/h7-9,16-17,42-47,56-61,68-76,107-115H,4-6,10-15,18-41,48-54H2,1-3H3,(H,100,103)(H,101,104)(H,102,105)(H,106,119)(H2,94,97,116)(H2,95,98,117)(H2,96,99,118)/t56?,57?,58?,59-,60-,61-,68+,69+,70+,71+,72+,73+,74-,75-,76-,81?/m1/s1. The van der Waals surface area contributed by atoms with Crippen LogP contribution in [0.15, 0.2) is 67.5 Å². The molecule has 4 aromatic rings. The van der Waals surface area contributed by atoms with Gasteiger partial charge >= 0.3 is 42.0 Å². The van der Waals surface area contributed by atoms with Crippen molar-refractivity contribution in [2.24, 2.45) is 0 Å². The van der Waals surface area contributed by atoms with Crippen LogP contribution in [0, 0.1) is 0 Å². The Morgan fingerprint density at radius 3 is 0.939 bits per heavy atom. The van der Waals surface area contributed by atoms with Gasteiger partial charge in [0, 0.05) is 44.8 Å². The molecule has 42 nitrogen and oxygen atoms in total. The van der Waals surface area contributed by atoms with Crippen LogP contribution in [0.2, 0.25) is 0 Å². The molecule has 1 aromatic carbocycles. The second-order valence-electron chi connectivity index (χ2n) is 31.6. The number of alkyl halides is 6. The number of urea groups is 3. The summed E-state index contributed by atoms with van der Waals surface area (Å²) in [6.07, 6.45) is -3.27. The van der Waals surface area contributed by atoms with E-state index in [9.17, 15) is 65.1 Å². The van der Waals surface area contributed by atoms with Gasteiger partial charge in [-0.05, 0) is 63.4 Å². The molecule has 3 unspecified atom stereocenters. The Bertz CT molecular complexity index is 3550. The number of aliphatic hydroxyl groups excluding tert-OH is 9. The summed E-state index contributed by atoms with van der Waals surface area (Å²) in [5.41, 5.74) is -2.46. The van der Waals surface area contributed by atoms with Gasteiger partial charge in [-0.15, -0.1) is 0 Å². The van der Waals surface area contributed by atoms with Gasteiger partial charge in [0.05, 0.1) is 193 Å². The van der Waals surface area contributed by atoms with E-state index < -0.39 is 196 Å². The van der Waals surface area contributed by atoms with Gasteiger partial charge in [-0.1, -0.05) is 70.4 Å². The Morgan fingerprint density at radius 2 is 0.652 bits per heavy atom. The SMILES string of the molecule is CCCC1O[C@H](CO)[C@H](O)[C@H](O)[C@H]1Nc1cncc(C(F)(F)COCCOCCOCCNC(=O)NCCCC(CCCNC(=O)NCCOCCOCCOCC(F)(F)c2cncc(N[C@H]3C(CCC)O[C@H](CO)[C@H](O)[C@@H]3O)n2)(CCCNC(=O)NCCOCCOCCOCC(F)(F)c2cncc(N[C@H]3C(CCC)O[C@H](CO)[C@H](O)[C@@H]3O)n2)NC(=O)OCc2ccccc2)n1. The van der Waals surface area contributed by atoms with Gasteiger partial charge in [0.2, 0.25) is 0 Å². The average molecular weight is 1900 g/mol. The van der Waals surface area contributed by atoms with Crippen molar-refractivity contribution < 1.29 is 153 Å². The number of carbonyl (C=O) groups is 4. The fraction of sp³-hybridized carbons (Fsp3) is 0.738. The highest BCUT2D eigenvalue weighted by Crippen LogP contribution is 2.35. The maximum Gasteiger partial charge on any atom is 0.407 e. The van der Waals surface area contributed by atoms with Crippen LogP contribution in [0.5, 0.6) is 0 Å². The molecule has 0 spiro atoms. The smallest absolute Gasteiger partial charge is 0.407 e. The number of aliphatic hydroxyl groups is 9. The van der Waals surface area contributed by atoms with E-state index in [2.05, 4.69) is 83.1 Å². The summed E-state index contributed by atoms with van der Waals surface area (Å²) in [7, 11) is 0. The predicted molar refractivity (Wildman–Crippen MR) is 460 cm³/mol. The first-order valence-corrected chi connectivity index (χ1v) is 44.6. The summed E-state index contributed by atoms with van der Waals surface area (Å²) in [4.78, 5) is 76.5. The van der Waals surface area contributed by atoms with Gasteiger partial charge in [0.25, 0.3) is 0 Å². The first-order chi connectivity index (χ1) is 63.6. The fourth-order valence-electron chi connectivity index (χ4n) is 14.5. The maximum absolute atomic E-state index is 15.3. The lowest BCUT2D eigenvalue weighted by molar-refractivity contribution is -0.186. The first kappa shape index (κ1) is 111. The zero-order valence-electron chi connectivity index (χ0n) is 74.7. The molecule has 15 atom stereocenters. The number of carbonyl (C=O) groups excluding carboxylic acids is 4. The molecule has 0 bridgehead atoms. The first-order valence-electron chi connectivity index (χ1n) is 44.6. The van der Waals surface area contributed by atoms with Crippen LogP contribution >= 0.6 is 0 Å². The lowest BCUT2D eigenvalue weighted by atomic mass is 9.83. The van der Waals surface area contributed by atoms with Crippen LogP contribution in [0.4, 0.5) is 63.0 Å². The second-order valence-corrected chi connectivity index (χ2v) is 31.6. The number of alkyl carbamates (subject to hydrolysis) is 1. The van der Waals surface area contributed by atoms with Crippen molar-refractivity contribution in [2.45, 2.75) is 219 Å². The van der Waals surface area contributed by atoms with Gasteiger partial charge in [-0.2, -0.15) is 26.3 Å². The van der Waals surface area contributed by atoms with Crippen LogP contribution in [0.1, 0.15) is 120 Å². The van der Waals surface area contributed by atoms with Crippen molar-refractivity contribution in [3.63, 3.8) is 0 Å². The third kappa shape index (κ3) is 38.8. The summed E-state index contributed by atoms with van der Waals surface area (Å²) in [6, 6.07) is 4.55. The molecule has 48 heteroatoms. The second kappa shape index (κ2) is 60.2. The number of hydrogen-bond donors (Lipinski definition) is 19. The van der Waals surface area contributed by atoms with Crippen LogP contribution in [-0.2, 0) is 86.0 Å². The Hall–Kier alpha value is -8.32. The minimum Gasteiger partial charge on any atom is -0.445 e. The molecule has 0 saturated carbocycles. The summed E-state index contributed by atoms with van der Waals surface area (Å²) in [5.74, 6) is -11.0. The summed E-state index contributed by atoms with van der Waals surface area (Å²) < 4.78 is 163. The number of halogens is 6. The zero-order valence-corrected chi connectivity index (χ0v) is 74.7. The van der Waals surface area contributed by atoms with Crippen molar-refractivity contribution in [1.82, 2.24) is 67.1 Å². The number of nitrogens with zero attached hydrogens (tertiary/aromatic N) is 6. The average Bonchev–Trinajstić information content (AvgIpc) is 0.802. The number of benzene rings is 1. The van der Waals surface area contributed by atoms with E-state index in [1.54, 1.807) is 24.3 Å². The number of hydrogen-bond acceptors (Lipinski definition) is 35. The van der Waals surface area contributed by atoms with Crippen LogP contribution in [-0.4, -0.2) is 375 Å². The summed E-state index contributed by atoms with van der Waals surface area (Å²) >= 11 is 0. The molecule has 3 aliphatic heterocycles. The van der Waals surface area contributed by atoms with Crippen molar-refractivity contribution in [3.05, 3.63) is 90.2 Å². The Labute approximate surface area is 762 Å². The largest absolute Gasteiger partial charge is 0.445 e. The third-order valence-corrected chi connectivity index (χ3v) is 21.4. The van der Waals surface area contributed by atoms with E-state index in [4.69, 9.17) is 61.6 Å². The quantitative estimate of drug-likeness (QED) is 0.0222. The monoisotopic (exact) mass is 1900 g/mol. The van der Waals surface area contributed by atoms with Gasteiger partial charge in [0.15, 0.2) is 0 Å². The summed E-state index contributed by atoms with van der Waals surface area (Å²) in [6.45, 7) is 1.34. The maximum atomic E-state index is 15.3. The van der Waals surface area contributed by atoms with E-state index in [1.807, 2.05) is 26.8 Å². The molecule has 748 valence electrons. The number of amides is 7. The van der Waals surface area contributed by atoms with Crippen molar-refractivity contribution in [3.8, 4) is 0 Å². The zero-order chi connectivity index (χ0) is 95.6. The summed E-state index contributed by atoms with van der Waals surface area (Å²) in [5, 5.41) is 121. The number of anilines is 3. The van der Waals surface area contributed by atoms with E-state index in [0.29, 0.717) is 63.4 Å². The lowest BCUT2D eigenvalue weighted by Gasteiger charge is -2.43. The van der Waals surface area contributed by atoms with Gasteiger partial charge in [0.1, 0.15) is 116 Å². The molecule has 0 radical (unpaired) electrons. The third-order valence-electron chi connectivity index (χ3n) is 21.4. The highest BCUT2D eigenvalue weighted by Gasteiger charge is 2.48. The van der Waals surface area contributed by atoms with Gasteiger partial charge in [-0.25, -0.2) is 34.1 Å². The van der Waals surface area contributed by atoms with Crippen molar-refractivity contribution in [2.75, 3.05) is 194 Å². The normalized spacial score (nSPS) is 22.8. The molecular weight excluding hydrogens is 1760 g/mol. The molecule has 3 saturated heterocycles. The van der Waals surface area contributed by atoms with Crippen LogP contribution in [0.3, 0.4) is 0 Å². The molecule has 19 N–H and O–H groups in total. The molecule has 3 fully saturated rings. The highest BCUT2D eigenvalue weighted by molar-refractivity contribution is 5.74. The van der Waals surface area contributed by atoms with E-state index in [-0.39, 0.29) is 182 Å². The van der Waals surface area contributed by atoms with E-state index >= 15 is 26.3 Å². The van der Waals surface area contributed by atoms with Crippen molar-refractivity contribution in [1.29, 1.82) is 0 Å². The predicted octanol–water partition coefficient (Wildman–Crippen LogP) is 1.97. The molecule has 7 amide bonds. The van der Waals surface area contributed by atoms with E-state index in [1.165, 1.54) is 18.6 Å². The molecular formula is C84H134F6N16O26. The minimum atomic E-state index is -3.58. The Morgan fingerprint density at radius 1 is 0.371 bits per heavy atom. The number of nitrogens with one attached hydrogen (secondary N) is 10. The van der Waals surface area contributed by atoms with Gasteiger partial charge in [-0.3, -0.25) is 15.0 Å². The number of aromatic nitrogens is 6.